The van der Waals surface area contributed by atoms with Crippen LogP contribution >= 0.6 is 0 Å². The molecule has 6 nitrogen and oxygen atoms in total. The van der Waals surface area contributed by atoms with E-state index in [2.05, 4.69) is 15.6 Å². The van der Waals surface area contributed by atoms with E-state index in [1.54, 1.807) is 6.20 Å². The van der Waals surface area contributed by atoms with Crippen molar-refractivity contribution in [1.82, 2.24) is 15.0 Å². The molecule has 1 unspecified atom stereocenters. The van der Waals surface area contributed by atoms with E-state index in [1.165, 1.54) is 4.68 Å². The first-order valence-electron chi connectivity index (χ1n) is 6.40. The quantitative estimate of drug-likeness (QED) is 0.877. The highest BCUT2D eigenvalue weighted by Crippen LogP contribution is 2.15. The maximum atomic E-state index is 13.4. The molecule has 1 aromatic carbocycles. The number of anilines is 1. The van der Waals surface area contributed by atoms with Crippen LogP contribution in [0.25, 0.3) is 0 Å². The Morgan fingerprint density at radius 2 is 2.24 bits per heavy atom. The number of aromatic nitrogens is 3. The Labute approximate surface area is 119 Å². The molecule has 0 bridgehead atoms. The first kappa shape index (κ1) is 15.0. The van der Waals surface area contributed by atoms with Gasteiger partial charge in [-0.15, -0.1) is 5.10 Å². The third-order valence-corrected chi connectivity index (χ3v) is 2.89. The molecule has 0 fully saturated rings. The van der Waals surface area contributed by atoms with E-state index in [4.69, 9.17) is 5.73 Å². The van der Waals surface area contributed by atoms with Crippen molar-refractivity contribution in [3.63, 3.8) is 0 Å². The molecule has 0 radical (unpaired) electrons. The lowest BCUT2D eigenvalue weighted by atomic mass is 10.2. The summed E-state index contributed by atoms with van der Waals surface area (Å²) < 4.78 is 27.5. The molecule has 0 saturated carbocycles. The first-order valence-corrected chi connectivity index (χ1v) is 6.40. The van der Waals surface area contributed by atoms with E-state index in [1.807, 2.05) is 6.92 Å². The molecule has 1 amide bonds. The molecular weight excluding hydrogens is 280 g/mol. The number of nitrogens with zero attached hydrogens (tertiary/aromatic N) is 3. The number of amides is 1. The Kier molecular flexibility index (Phi) is 4.59. The molecule has 1 heterocycles. The lowest BCUT2D eigenvalue weighted by molar-refractivity contribution is -0.116. The standard InChI is InChI=1S/C13H15F2N5O/c1-2-10(16)12-6-20(19-18-12)7-13(21)17-11-4-3-8(14)5-9(11)15/h3-6,10H,2,7,16H2,1H3,(H,17,21). The summed E-state index contributed by atoms with van der Waals surface area (Å²) in [4.78, 5) is 11.8. The number of benzene rings is 1. The van der Waals surface area contributed by atoms with Crippen LogP contribution in [0, 0.1) is 11.6 Å². The first-order chi connectivity index (χ1) is 9.99. The highest BCUT2D eigenvalue weighted by molar-refractivity contribution is 5.90. The van der Waals surface area contributed by atoms with Crippen LogP contribution in [0.3, 0.4) is 0 Å². The predicted octanol–water partition coefficient (Wildman–Crippen LogP) is 1.60. The zero-order chi connectivity index (χ0) is 15.4. The van der Waals surface area contributed by atoms with Crippen LogP contribution < -0.4 is 11.1 Å². The molecule has 0 spiro atoms. The van der Waals surface area contributed by atoms with E-state index in [0.717, 1.165) is 12.1 Å². The van der Waals surface area contributed by atoms with Gasteiger partial charge in [-0.05, 0) is 18.6 Å². The summed E-state index contributed by atoms with van der Waals surface area (Å²) >= 11 is 0. The molecule has 3 N–H and O–H groups in total. The number of hydrogen-bond acceptors (Lipinski definition) is 4. The molecule has 8 heteroatoms. The van der Waals surface area contributed by atoms with Gasteiger partial charge in [-0.3, -0.25) is 4.79 Å². The van der Waals surface area contributed by atoms with Crippen molar-refractivity contribution < 1.29 is 13.6 Å². The maximum Gasteiger partial charge on any atom is 0.246 e. The largest absolute Gasteiger partial charge is 0.323 e. The van der Waals surface area contributed by atoms with Crippen molar-refractivity contribution in [3.05, 3.63) is 41.7 Å². The Morgan fingerprint density at radius 3 is 2.90 bits per heavy atom. The summed E-state index contributed by atoms with van der Waals surface area (Å²) in [6.07, 6.45) is 2.26. The van der Waals surface area contributed by atoms with Gasteiger partial charge in [-0.2, -0.15) is 0 Å². The van der Waals surface area contributed by atoms with E-state index in [9.17, 15) is 13.6 Å². The van der Waals surface area contributed by atoms with E-state index in [-0.39, 0.29) is 18.3 Å². The minimum Gasteiger partial charge on any atom is -0.323 e. The highest BCUT2D eigenvalue weighted by Gasteiger charge is 2.12. The zero-order valence-corrected chi connectivity index (χ0v) is 11.4. The molecule has 21 heavy (non-hydrogen) atoms. The molecule has 2 aromatic rings. The molecule has 1 atom stereocenters. The number of rotatable bonds is 5. The van der Waals surface area contributed by atoms with Crippen molar-refractivity contribution in [2.24, 2.45) is 5.73 Å². The smallest absolute Gasteiger partial charge is 0.246 e. The zero-order valence-electron chi connectivity index (χ0n) is 11.4. The number of carbonyl (C=O) groups is 1. The number of nitrogens with one attached hydrogen (secondary N) is 1. The third-order valence-electron chi connectivity index (χ3n) is 2.89. The van der Waals surface area contributed by atoms with Crippen molar-refractivity contribution in [2.45, 2.75) is 25.9 Å². The van der Waals surface area contributed by atoms with E-state index >= 15 is 0 Å². The summed E-state index contributed by atoms with van der Waals surface area (Å²) in [5, 5.41) is 9.97. The van der Waals surface area contributed by atoms with Gasteiger partial charge >= 0.3 is 0 Å². The molecule has 0 aliphatic carbocycles. The molecule has 0 aliphatic heterocycles. The van der Waals surface area contributed by atoms with Gasteiger partial charge in [-0.1, -0.05) is 12.1 Å². The van der Waals surface area contributed by atoms with Gasteiger partial charge in [0.2, 0.25) is 5.91 Å². The van der Waals surface area contributed by atoms with Crippen LogP contribution in [-0.2, 0) is 11.3 Å². The monoisotopic (exact) mass is 295 g/mol. The normalized spacial score (nSPS) is 12.2. The summed E-state index contributed by atoms with van der Waals surface area (Å²) in [5.74, 6) is -2.04. The summed E-state index contributed by atoms with van der Waals surface area (Å²) in [7, 11) is 0. The van der Waals surface area contributed by atoms with Crippen LogP contribution in [0.5, 0.6) is 0 Å². The average molecular weight is 295 g/mol. The van der Waals surface area contributed by atoms with Gasteiger partial charge in [-0.25, -0.2) is 13.5 Å². The molecular formula is C13H15F2N5O. The van der Waals surface area contributed by atoms with Gasteiger partial charge < -0.3 is 11.1 Å². The number of hydrogen-bond donors (Lipinski definition) is 2. The lowest BCUT2D eigenvalue weighted by Gasteiger charge is -2.06. The fraction of sp³-hybridized carbons (Fsp3) is 0.308. The second kappa shape index (κ2) is 6.40. The van der Waals surface area contributed by atoms with Crippen molar-refractivity contribution in [2.75, 3.05) is 5.32 Å². The number of carbonyl (C=O) groups excluding carboxylic acids is 1. The summed E-state index contributed by atoms with van der Waals surface area (Å²) in [6.45, 7) is 1.77. The van der Waals surface area contributed by atoms with Crippen molar-refractivity contribution in [3.8, 4) is 0 Å². The van der Waals surface area contributed by atoms with Gasteiger partial charge in [0.25, 0.3) is 0 Å². The van der Waals surface area contributed by atoms with Crippen LogP contribution in [0.2, 0.25) is 0 Å². The SMILES string of the molecule is CCC(N)c1cn(CC(=O)Nc2ccc(F)cc2F)nn1. The number of halogens is 2. The molecule has 2 rings (SSSR count). The van der Waals surface area contributed by atoms with Gasteiger partial charge in [0.05, 0.1) is 23.6 Å². The summed E-state index contributed by atoms with van der Waals surface area (Å²) in [5.41, 5.74) is 6.29. The Bertz CT molecular complexity index is 643. The van der Waals surface area contributed by atoms with Crippen LogP contribution in [0.1, 0.15) is 25.1 Å². The molecule has 1 aromatic heterocycles. The molecule has 112 valence electrons. The van der Waals surface area contributed by atoms with Crippen LogP contribution in [0.15, 0.2) is 24.4 Å². The minimum atomic E-state index is -0.837. The second-order valence-electron chi connectivity index (χ2n) is 4.53. The highest BCUT2D eigenvalue weighted by atomic mass is 19.1. The summed E-state index contributed by atoms with van der Waals surface area (Å²) in [6, 6.07) is 2.68. The van der Waals surface area contributed by atoms with Crippen LogP contribution in [-0.4, -0.2) is 20.9 Å². The predicted molar refractivity (Wildman–Crippen MR) is 72.2 cm³/mol. The molecule has 0 saturated heterocycles. The fourth-order valence-electron chi connectivity index (χ4n) is 1.70. The topological polar surface area (TPSA) is 85.8 Å². The van der Waals surface area contributed by atoms with Gasteiger partial charge in [0.15, 0.2) is 0 Å². The minimum absolute atomic E-state index is 0.0907. The Hall–Kier alpha value is -2.35. The second-order valence-corrected chi connectivity index (χ2v) is 4.53. The number of nitrogens with two attached hydrogens (primary N) is 1. The fourth-order valence-corrected chi connectivity index (χ4v) is 1.70. The average Bonchev–Trinajstić information content (AvgIpc) is 2.89. The molecule has 0 aliphatic rings. The Morgan fingerprint density at radius 1 is 1.48 bits per heavy atom. The van der Waals surface area contributed by atoms with Gasteiger partial charge in [0, 0.05) is 6.07 Å². The Balaban J connectivity index is 2.00. The maximum absolute atomic E-state index is 13.4. The van der Waals surface area contributed by atoms with Crippen molar-refractivity contribution >= 4 is 11.6 Å². The van der Waals surface area contributed by atoms with E-state index < -0.39 is 17.5 Å². The third kappa shape index (κ3) is 3.82. The van der Waals surface area contributed by atoms with Crippen LogP contribution in [0.4, 0.5) is 14.5 Å². The van der Waals surface area contributed by atoms with Crippen molar-refractivity contribution in [1.29, 1.82) is 0 Å². The van der Waals surface area contributed by atoms with E-state index in [0.29, 0.717) is 18.2 Å². The van der Waals surface area contributed by atoms with Gasteiger partial charge in [0.1, 0.15) is 18.2 Å². The lowest BCUT2D eigenvalue weighted by Crippen LogP contribution is -2.20.